The summed E-state index contributed by atoms with van der Waals surface area (Å²) in [6.07, 6.45) is 4.01. The van der Waals surface area contributed by atoms with E-state index in [2.05, 4.69) is 10.7 Å². The highest BCUT2D eigenvalue weighted by Crippen LogP contribution is 2.33. The number of carbonyl (C=O) groups excluding carboxylic acids is 4. The second-order valence-corrected chi connectivity index (χ2v) is 8.76. The third-order valence-electron chi connectivity index (χ3n) is 6.20. The minimum atomic E-state index is -0.866. The number of carbonyl (C=O) groups is 4. The van der Waals surface area contributed by atoms with Crippen LogP contribution in [-0.2, 0) is 9.59 Å². The molecule has 10 heteroatoms. The fraction of sp³-hybridized carbons (Fsp3) is 0.524. The van der Waals surface area contributed by atoms with Crippen LogP contribution < -0.4 is 10.7 Å². The zero-order chi connectivity index (χ0) is 22.0. The van der Waals surface area contributed by atoms with Crippen LogP contribution in [0.2, 0.25) is 5.02 Å². The maximum Gasteiger partial charge on any atom is 0.344 e. The van der Waals surface area contributed by atoms with Crippen molar-refractivity contribution in [3.63, 3.8) is 0 Å². The Kier molecular flexibility index (Phi) is 6.15. The molecule has 5 amide bonds. The Hall–Kier alpha value is -2.65. The van der Waals surface area contributed by atoms with E-state index in [1.807, 2.05) is 4.90 Å². The average Bonchev–Trinajstić information content (AvgIpc) is 2.98. The van der Waals surface area contributed by atoms with Crippen molar-refractivity contribution >= 4 is 35.4 Å². The highest BCUT2D eigenvalue weighted by Gasteiger charge is 2.52. The molecule has 0 radical (unpaired) electrons. The minimum absolute atomic E-state index is 0.0449. The molecule has 2 N–H and O–H groups in total. The molecule has 9 nitrogen and oxygen atoms in total. The summed E-state index contributed by atoms with van der Waals surface area (Å²) in [5.41, 5.74) is 2.13. The molecule has 0 atom stereocenters. The minimum Gasteiger partial charge on any atom is -0.336 e. The van der Waals surface area contributed by atoms with E-state index in [9.17, 15) is 19.2 Å². The summed E-state index contributed by atoms with van der Waals surface area (Å²) in [6, 6.07) is 6.25. The summed E-state index contributed by atoms with van der Waals surface area (Å²) in [5.74, 6) is -0.891. The highest BCUT2D eigenvalue weighted by atomic mass is 35.5. The van der Waals surface area contributed by atoms with Crippen LogP contribution in [0.3, 0.4) is 0 Å². The summed E-state index contributed by atoms with van der Waals surface area (Å²) < 4.78 is 0. The first-order valence-corrected chi connectivity index (χ1v) is 11.0. The standard InChI is InChI=1S/C21H26ClN5O4/c22-16-6-4-5-15(13-16)18(29)26-11-9-25(10-12-26)14-17(28)24-27-19(30)21(23-20(27)31)7-2-1-3-8-21/h4-6,13H,1-3,7-12,14H2,(H,23,31)(H,24,28). The summed E-state index contributed by atoms with van der Waals surface area (Å²) >= 11 is 5.97. The Morgan fingerprint density at radius 3 is 2.45 bits per heavy atom. The summed E-state index contributed by atoms with van der Waals surface area (Å²) in [7, 11) is 0. The molecule has 1 aromatic carbocycles. The molecular formula is C21H26ClN5O4. The van der Waals surface area contributed by atoms with Crippen LogP contribution in [0.25, 0.3) is 0 Å². The molecule has 2 heterocycles. The third-order valence-corrected chi connectivity index (χ3v) is 6.44. The number of urea groups is 1. The van der Waals surface area contributed by atoms with Crippen molar-refractivity contribution in [2.75, 3.05) is 32.7 Å². The van der Waals surface area contributed by atoms with E-state index in [0.29, 0.717) is 49.6 Å². The molecule has 0 aromatic heterocycles. The number of rotatable bonds is 4. The number of halogens is 1. The Bertz CT molecular complexity index is 894. The molecule has 1 saturated carbocycles. The van der Waals surface area contributed by atoms with Gasteiger partial charge in [-0.2, -0.15) is 5.01 Å². The number of hydrazine groups is 1. The normalized spacial score (nSPS) is 21.3. The van der Waals surface area contributed by atoms with Gasteiger partial charge in [0.05, 0.1) is 6.54 Å². The fourth-order valence-electron chi connectivity index (χ4n) is 4.49. The fourth-order valence-corrected chi connectivity index (χ4v) is 4.68. The maximum atomic E-state index is 12.8. The first kappa shape index (κ1) is 21.6. The summed E-state index contributed by atoms with van der Waals surface area (Å²) in [4.78, 5) is 53.7. The summed E-state index contributed by atoms with van der Waals surface area (Å²) in [5, 5.41) is 4.11. The van der Waals surface area contributed by atoms with Gasteiger partial charge in [-0.3, -0.25) is 24.7 Å². The van der Waals surface area contributed by atoms with Gasteiger partial charge in [-0.15, -0.1) is 0 Å². The van der Waals surface area contributed by atoms with Gasteiger partial charge in [-0.1, -0.05) is 36.9 Å². The quantitative estimate of drug-likeness (QED) is 0.679. The lowest BCUT2D eigenvalue weighted by molar-refractivity contribution is -0.140. The van der Waals surface area contributed by atoms with Crippen molar-refractivity contribution in [3.05, 3.63) is 34.9 Å². The van der Waals surface area contributed by atoms with Gasteiger partial charge in [0.25, 0.3) is 17.7 Å². The van der Waals surface area contributed by atoms with Crippen LogP contribution in [0, 0.1) is 0 Å². The molecule has 4 rings (SSSR count). The van der Waals surface area contributed by atoms with Gasteiger partial charge in [-0.25, -0.2) is 4.79 Å². The van der Waals surface area contributed by atoms with Crippen LogP contribution in [0.5, 0.6) is 0 Å². The Morgan fingerprint density at radius 2 is 1.77 bits per heavy atom. The van der Waals surface area contributed by atoms with E-state index in [0.717, 1.165) is 24.3 Å². The van der Waals surface area contributed by atoms with E-state index in [1.54, 1.807) is 29.2 Å². The highest BCUT2D eigenvalue weighted by molar-refractivity contribution is 6.30. The lowest BCUT2D eigenvalue weighted by Gasteiger charge is -2.34. The molecule has 2 saturated heterocycles. The number of nitrogens with one attached hydrogen (secondary N) is 2. The van der Waals surface area contributed by atoms with Crippen molar-refractivity contribution in [2.24, 2.45) is 0 Å². The first-order chi connectivity index (χ1) is 14.9. The second kappa shape index (κ2) is 8.84. The van der Waals surface area contributed by atoms with Crippen molar-refractivity contribution in [1.29, 1.82) is 0 Å². The molecule has 1 aliphatic carbocycles. The molecular weight excluding hydrogens is 422 g/mol. The zero-order valence-corrected chi connectivity index (χ0v) is 18.0. The average molecular weight is 448 g/mol. The maximum absolute atomic E-state index is 12.8. The van der Waals surface area contributed by atoms with Gasteiger partial charge in [0.1, 0.15) is 5.54 Å². The van der Waals surface area contributed by atoms with Crippen molar-refractivity contribution in [2.45, 2.75) is 37.6 Å². The van der Waals surface area contributed by atoms with Crippen LogP contribution in [0.4, 0.5) is 4.79 Å². The number of hydrogen-bond acceptors (Lipinski definition) is 5. The van der Waals surface area contributed by atoms with E-state index in [4.69, 9.17) is 11.6 Å². The monoisotopic (exact) mass is 447 g/mol. The van der Waals surface area contributed by atoms with Crippen molar-refractivity contribution in [1.82, 2.24) is 25.6 Å². The van der Waals surface area contributed by atoms with Gasteiger partial charge < -0.3 is 10.2 Å². The SMILES string of the molecule is O=C(CN1CCN(C(=O)c2cccc(Cl)c2)CC1)NN1C(=O)NC2(CCCCC2)C1=O. The van der Waals surface area contributed by atoms with Gasteiger partial charge >= 0.3 is 6.03 Å². The predicted molar refractivity (Wildman–Crippen MR) is 113 cm³/mol. The molecule has 0 unspecified atom stereocenters. The van der Waals surface area contributed by atoms with Gasteiger partial charge in [0, 0.05) is 36.8 Å². The van der Waals surface area contributed by atoms with Gasteiger partial charge in [0.15, 0.2) is 0 Å². The van der Waals surface area contributed by atoms with Crippen LogP contribution in [0.1, 0.15) is 42.5 Å². The third kappa shape index (κ3) is 4.52. The molecule has 31 heavy (non-hydrogen) atoms. The van der Waals surface area contributed by atoms with E-state index >= 15 is 0 Å². The molecule has 166 valence electrons. The molecule has 0 bridgehead atoms. The van der Waals surface area contributed by atoms with E-state index < -0.39 is 17.5 Å². The van der Waals surface area contributed by atoms with E-state index in [-0.39, 0.29) is 18.4 Å². The first-order valence-electron chi connectivity index (χ1n) is 10.6. The molecule has 1 spiro atoms. The predicted octanol–water partition coefficient (Wildman–Crippen LogP) is 1.38. The number of nitrogens with zero attached hydrogens (tertiary/aromatic N) is 3. The largest absolute Gasteiger partial charge is 0.344 e. The zero-order valence-electron chi connectivity index (χ0n) is 17.2. The Balaban J connectivity index is 1.27. The number of amides is 5. The molecule has 3 aliphatic rings. The Labute approximate surface area is 185 Å². The summed E-state index contributed by atoms with van der Waals surface area (Å²) in [6.45, 7) is 2.03. The van der Waals surface area contributed by atoms with Gasteiger partial charge in [0.2, 0.25) is 0 Å². The van der Waals surface area contributed by atoms with Crippen molar-refractivity contribution in [3.8, 4) is 0 Å². The Morgan fingerprint density at radius 1 is 1.06 bits per heavy atom. The smallest absolute Gasteiger partial charge is 0.336 e. The molecule has 3 fully saturated rings. The number of imide groups is 1. The van der Waals surface area contributed by atoms with Crippen LogP contribution >= 0.6 is 11.6 Å². The topological polar surface area (TPSA) is 102 Å². The molecule has 2 aliphatic heterocycles. The number of hydrogen-bond donors (Lipinski definition) is 2. The second-order valence-electron chi connectivity index (χ2n) is 8.33. The van der Waals surface area contributed by atoms with Gasteiger partial charge in [-0.05, 0) is 31.0 Å². The number of benzene rings is 1. The van der Waals surface area contributed by atoms with Crippen LogP contribution in [-0.4, -0.2) is 76.8 Å². The van der Waals surface area contributed by atoms with Crippen LogP contribution in [0.15, 0.2) is 24.3 Å². The number of piperazine rings is 1. The van der Waals surface area contributed by atoms with E-state index in [1.165, 1.54) is 0 Å². The van der Waals surface area contributed by atoms with Crippen molar-refractivity contribution < 1.29 is 19.2 Å². The lowest BCUT2D eigenvalue weighted by atomic mass is 9.82. The lowest BCUT2D eigenvalue weighted by Crippen LogP contribution is -2.55. The molecule has 1 aromatic rings.